The van der Waals surface area contributed by atoms with Gasteiger partial charge in [-0.15, -0.1) is 0 Å². The first-order valence-corrected chi connectivity index (χ1v) is 6.40. The van der Waals surface area contributed by atoms with Gasteiger partial charge in [-0.1, -0.05) is 0 Å². The second-order valence-corrected chi connectivity index (χ2v) is 4.36. The third-order valence-electron chi connectivity index (χ3n) is 2.95. The first-order valence-electron chi connectivity index (χ1n) is 6.40. The van der Waals surface area contributed by atoms with Crippen LogP contribution in [-0.4, -0.2) is 21.7 Å². The van der Waals surface area contributed by atoms with Gasteiger partial charge < -0.3 is 16.2 Å². The fourth-order valence-corrected chi connectivity index (χ4v) is 1.78. The van der Waals surface area contributed by atoms with Crippen LogP contribution in [0.3, 0.4) is 0 Å². The van der Waals surface area contributed by atoms with Crippen molar-refractivity contribution in [1.82, 2.24) is 9.13 Å². The van der Waals surface area contributed by atoms with Crippen LogP contribution in [0.4, 0.5) is 11.5 Å². The van der Waals surface area contributed by atoms with Gasteiger partial charge in [0, 0.05) is 20.0 Å². The van der Waals surface area contributed by atoms with E-state index in [1.54, 1.807) is 6.92 Å². The average Bonchev–Trinajstić information content (AvgIpc) is 2.42. The van der Waals surface area contributed by atoms with Crippen LogP contribution in [0, 0.1) is 0 Å². The Morgan fingerprint density at radius 2 is 1.90 bits per heavy atom. The van der Waals surface area contributed by atoms with Crippen molar-refractivity contribution in [2.24, 2.45) is 7.05 Å². The van der Waals surface area contributed by atoms with Crippen LogP contribution in [0.1, 0.15) is 26.2 Å². The van der Waals surface area contributed by atoms with E-state index in [-0.39, 0.29) is 30.4 Å². The van der Waals surface area contributed by atoms with E-state index in [4.69, 9.17) is 16.2 Å². The van der Waals surface area contributed by atoms with E-state index in [0.29, 0.717) is 19.4 Å². The number of ether oxygens (including phenoxy) is 1. The number of hydrogen-bond acceptors (Lipinski definition) is 6. The Morgan fingerprint density at radius 3 is 2.50 bits per heavy atom. The molecule has 8 nitrogen and oxygen atoms in total. The number of hydrogen-bond donors (Lipinski definition) is 2. The summed E-state index contributed by atoms with van der Waals surface area (Å²) in [6.07, 6.45) is 1.28. The SMILES string of the molecule is CCOC(=O)CCCCn1c(=O)c(N)c(N)n(C)c1=O. The molecule has 112 valence electrons. The van der Waals surface area contributed by atoms with Crippen molar-refractivity contribution in [2.45, 2.75) is 32.7 Å². The maximum atomic E-state index is 11.9. The zero-order valence-corrected chi connectivity index (χ0v) is 11.7. The molecule has 0 atom stereocenters. The number of anilines is 2. The number of esters is 1. The maximum absolute atomic E-state index is 11.9. The Kier molecular flexibility index (Phi) is 5.36. The summed E-state index contributed by atoms with van der Waals surface area (Å²) in [7, 11) is 1.45. The molecule has 0 aliphatic carbocycles. The van der Waals surface area contributed by atoms with Crippen LogP contribution >= 0.6 is 0 Å². The van der Waals surface area contributed by atoms with Crippen LogP contribution < -0.4 is 22.7 Å². The lowest BCUT2D eigenvalue weighted by Crippen LogP contribution is -2.41. The molecule has 0 aliphatic rings. The molecule has 1 aromatic rings. The zero-order valence-electron chi connectivity index (χ0n) is 11.7. The van der Waals surface area contributed by atoms with E-state index in [1.807, 2.05) is 0 Å². The summed E-state index contributed by atoms with van der Waals surface area (Å²) >= 11 is 0. The van der Waals surface area contributed by atoms with Crippen molar-refractivity contribution in [3.8, 4) is 0 Å². The highest BCUT2D eigenvalue weighted by Crippen LogP contribution is 2.04. The Labute approximate surface area is 115 Å². The Hall–Kier alpha value is -2.25. The topological polar surface area (TPSA) is 122 Å². The van der Waals surface area contributed by atoms with Gasteiger partial charge >= 0.3 is 11.7 Å². The van der Waals surface area contributed by atoms with Gasteiger partial charge in [-0.2, -0.15) is 0 Å². The molecule has 0 radical (unpaired) electrons. The molecule has 0 unspecified atom stereocenters. The molecule has 0 amide bonds. The maximum Gasteiger partial charge on any atom is 0.332 e. The van der Waals surface area contributed by atoms with E-state index >= 15 is 0 Å². The molecule has 1 aromatic heterocycles. The molecule has 0 bridgehead atoms. The summed E-state index contributed by atoms with van der Waals surface area (Å²) in [5.74, 6) is -0.327. The zero-order chi connectivity index (χ0) is 15.3. The van der Waals surface area contributed by atoms with Crippen LogP contribution in [-0.2, 0) is 23.1 Å². The number of carbonyl (C=O) groups excluding carboxylic acids is 1. The van der Waals surface area contributed by atoms with Gasteiger partial charge in [-0.3, -0.25) is 18.7 Å². The number of nitrogen functional groups attached to an aromatic ring is 2. The van der Waals surface area contributed by atoms with Gasteiger partial charge in [0.2, 0.25) is 0 Å². The van der Waals surface area contributed by atoms with Gasteiger partial charge in [0.15, 0.2) is 0 Å². The highest BCUT2D eigenvalue weighted by molar-refractivity contribution is 5.69. The van der Waals surface area contributed by atoms with Gasteiger partial charge in [-0.25, -0.2) is 4.79 Å². The van der Waals surface area contributed by atoms with Crippen molar-refractivity contribution in [1.29, 1.82) is 0 Å². The molecule has 1 rings (SSSR count). The number of rotatable bonds is 6. The van der Waals surface area contributed by atoms with Gasteiger partial charge in [-0.05, 0) is 19.8 Å². The number of unbranched alkanes of at least 4 members (excludes halogenated alkanes) is 1. The fourth-order valence-electron chi connectivity index (χ4n) is 1.78. The van der Waals surface area contributed by atoms with E-state index in [1.165, 1.54) is 7.05 Å². The lowest BCUT2D eigenvalue weighted by atomic mass is 10.2. The van der Waals surface area contributed by atoms with Crippen LogP contribution in [0.5, 0.6) is 0 Å². The fraction of sp³-hybridized carbons (Fsp3) is 0.583. The quantitative estimate of drug-likeness (QED) is 0.533. The minimum absolute atomic E-state index is 0.0391. The van der Waals surface area contributed by atoms with Crippen LogP contribution in [0.15, 0.2) is 9.59 Å². The molecule has 8 heteroatoms. The smallest absolute Gasteiger partial charge is 0.332 e. The predicted octanol–water partition coefficient (Wildman–Crippen LogP) is -0.555. The lowest BCUT2D eigenvalue weighted by molar-refractivity contribution is -0.143. The summed E-state index contributed by atoms with van der Waals surface area (Å²) in [5.41, 5.74) is 9.84. The van der Waals surface area contributed by atoms with Gasteiger partial charge in [0.05, 0.1) is 6.61 Å². The van der Waals surface area contributed by atoms with E-state index < -0.39 is 11.2 Å². The minimum atomic E-state index is -0.596. The lowest BCUT2D eigenvalue weighted by Gasteiger charge is -2.11. The third kappa shape index (κ3) is 3.40. The van der Waals surface area contributed by atoms with E-state index in [2.05, 4.69) is 0 Å². The van der Waals surface area contributed by atoms with Crippen molar-refractivity contribution in [2.75, 3.05) is 18.1 Å². The molecular weight excluding hydrogens is 264 g/mol. The second kappa shape index (κ2) is 6.78. The van der Waals surface area contributed by atoms with Crippen molar-refractivity contribution < 1.29 is 9.53 Å². The largest absolute Gasteiger partial charge is 0.466 e. The minimum Gasteiger partial charge on any atom is -0.466 e. The molecular formula is C12H20N4O4. The van der Waals surface area contributed by atoms with Gasteiger partial charge in [0.25, 0.3) is 5.56 Å². The third-order valence-corrected chi connectivity index (χ3v) is 2.95. The standard InChI is InChI=1S/C12H20N4O4/c1-3-20-8(17)6-4-5-7-16-11(18)9(13)10(14)15(2)12(16)19/h3-7,13-14H2,1-2H3. The summed E-state index contributed by atoms with van der Waals surface area (Å²) < 4.78 is 6.94. The molecule has 0 spiro atoms. The van der Waals surface area contributed by atoms with Crippen molar-refractivity contribution in [3.05, 3.63) is 20.8 Å². The summed E-state index contributed by atoms with van der Waals surface area (Å²) in [6, 6.07) is 0. The van der Waals surface area contributed by atoms with Gasteiger partial charge in [0.1, 0.15) is 11.5 Å². The monoisotopic (exact) mass is 284 g/mol. The molecule has 0 saturated carbocycles. The molecule has 1 heterocycles. The van der Waals surface area contributed by atoms with E-state index in [0.717, 1.165) is 9.13 Å². The highest BCUT2D eigenvalue weighted by Gasteiger charge is 2.12. The molecule has 0 fully saturated rings. The highest BCUT2D eigenvalue weighted by atomic mass is 16.5. The second-order valence-electron chi connectivity index (χ2n) is 4.36. The summed E-state index contributed by atoms with van der Waals surface area (Å²) in [6.45, 7) is 2.26. The Morgan fingerprint density at radius 1 is 1.25 bits per heavy atom. The number of aromatic nitrogens is 2. The summed E-state index contributed by atoms with van der Waals surface area (Å²) in [5, 5.41) is 0. The van der Waals surface area contributed by atoms with Crippen molar-refractivity contribution in [3.63, 3.8) is 0 Å². The normalized spacial score (nSPS) is 10.5. The number of nitrogens with zero attached hydrogens (tertiary/aromatic N) is 2. The van der Waals surface area contributed by atoms with Crippen LogP contribution in [0.25, 0.3) is 0 Å². The molecule has 4 N–H and O–H groups in total. The molecule has 0 aromatic carbocycles. The average molecular weight is 284 g/mol. The molecule has 0 saturated heterocycles. The number of carbonyl (C=O) groups is 1. The first kappa shape index (κ1) is 15.8. The van der Waals surface area contributed by atoms with E-state index in [9.17, 15) is 14.4 Å². The van der Waals surface area contributed by atoms with Crippen molar-refractivity contribution >= 4 is 17.5 Å². The first-order chi connectivity index (χ1) is 9.40. The number of nitrogens with two attached hydrogens (primary N) is 2. The van der Waals surface area contributed by atoms with Crippen LogP contribution in [0.2, 0.25) is 0 Å². The summed E-state index contributed by atoms with van der Waals surface area (Å²) in [4.78, 5) is 34.9. The predicted molar refractivity (Wildman–Crippen MR) is 75.3 cm³/mol. The Balaban J connectivity index is 2.73. The molecule has 0 aliphatic heterocycles. The molecule has 20 heavy (non-hydrogen) atoms. The Bertz CT molecular complexity index is 565.